The fourth-order valence-electron chi connectivity index (χ4n) is 7.83. The first-order chi connectivity index (χ1) is 15.6. The fourth-order valence-corrected chi connectivity index (χ4v) is 11.9. The Hall–Kier alpha value is -1.12. The molecule has 1 saturated heterocycles. The van der Waals surface area contributed by atoms with Crippen molar-refractivity contribution in [2.75, 3.05) is 5.75 Å². The van der Waals surface area contributed by atoms with Crippen molar-refractivity contribution < 1.29 is 14.1 Å². The smallest absolute Gasteiger partial charge is 0.191 e. The van der Waals surface area contributed by atoms with E-state index in [0.717, 1.165) is 24.0 Å². The first kappa shape index (κ1) is 22.4. The lowest BCUT2D eigenvalue weighted by Crippen LogP contribution is -2.70. The van der Waals surface area contributed by atoms with Gasteiger partial charge in [-0.05, 0) is 35.3 Å². The molecule has 4 nitrogen and oxygen atoms in total. The summed E-state index contributed by atoms with van der Waals surface area (Å²) in [6.07, 6.45) is 1.63. The minimum Gasteiger partial charge on any atom is -0.384 e. The molecule has 172 valence electrons. The molecule has 3 fully saturated rings. The van der Waals surface area contributed by atoms with Crippen LogP contribution in [0.25, 0.3) is 5.57 Å². The van der Waals surface area contributed by atoms with Crippen molar-refractivity contribution in [3.63, 3.8) is 0 Å². The Morgan fingerprint density at radius 2 is 1.67 bits per heavy atom. The first-order valence-electron chi connectivity index (χ1n) is 11.2. The van der Waals surface area contributed by atoms with Gasteiger partial charge in [0.25, 0.3) is 0 Å². The highest BCUT2D eigenvalue weighted by molar-refractivity contribution is 9.25. The monoisotopic (exact) mass is 589 g/mol. The summed E-state index contributed by atoms with van der Waals surface area (Å²) in [5.74, 6) is 0.179. The van der Waals surface area contributed by atoms with Crippen LogP contribution in [0, 0.1) is 16.7 Å². The zero-order valence-electron chi connectivity index (χ0n) is 18.4. The van der Waals surface area contributed by atoms with E-state index in [9.17, 15) is 14.1 Å². The number of fused-ring (bicyclic) bond motifs is 2. The summed E-state index contributed by atoms with van der Waals surface area (Å²) in [5, 5.41) is 12.9. The van der Waals surface area contributed by atoms with E-state index in [-0.39, 0.29) is 17.1 Å². The number of aliphatic hydroxyl groups is 1. The topological polar surface area (TPSA) is 66.4 Å². The van der Waals surface area contributed by atoms with Crippen LogP contribution in [-0.2, 0) is 11.0 Å². The van der Waals surface area contributed by atoms with Crippen LogP contribution in [0.3, 0.4) is 0 Å². The second-order valence-electron chi connectivity index (χ2n) is 10.4. The van der Waals surface area contributed by atoms with Gasteiger partial charge in [-0.1, -0.05) is 106 Å². The molecule has 2 saturated carbocycles. The minimum absolute atomic E-state index is 0.103. The summed E-state index contributed by atoms with van der Waals surface area (Å²) >= 11 is 7.82. The van der Waals surface area contributed by atoms with Crippen LogP contribution in [0.5, 0.6) is 0 Å². The molecule has 0 radical (unpaired) electrons. The van der Waals surface area contributed by atoms with Gasteiger partial charge in [-0.3, -0.25) is 4.79 Å². The highest BCUT2D eigenvalue weighted by atomic mass is 79.9. The SMILES string of the molecule is CC1(C)[C@@H]2CC[C@]13CS(=O)N[C@@]31C(C(=O)c3ccccc3)=C(c3ccccc3)C(Br)(Br)[C@@]21O. The molecule has 2 aromatic rings. The third kappa shape index (κ3) is 2.25. The van der Waals surface area contributed by atoms with E-state index in [0.29, 0.717) is 16.9 Å². The summed E-state index contributed by atoms with van der Waals surface area (Å²) in [6, 6.07) is 19.0. The van der Waals surface area contributed by atoms with Gasteiger partial charge in [0.2, 0.25) is 0 Å². The summed E-state index contributed by atoms with van der Waals surface area (Å²) in [5.41, 5.74) is -0.734. The lowest BCUT2D eigenvalue weighted by Gasteiger charge is -2.51. The van der Waals surface area contributed by atoms with Crippen LogP contribution in [0.15, 0.2) is 66.2 Å². The largest absolute Gasteiger partial charge is 0.384 e. The van der Waals surface area contributed by atoms with E-state index in [4.69, 9.17) is 0 Å². The number of halogens is 2. The predicted octanol–water partition coefficient (Wildman–Crippen LogP) is 5.00. The zero-order valence-corrected chi connectivity index (χ0v) is 22.4. The summed E-state index contributed by atoms with van der Waals surface area (Å²) in [7, 11) is -1.37. The van der Waals surface area contributed by atoms with Gasteiger partial charge < -0.3 is 5.11 Å². The molecule has 5 atom stereocenters. The van der Waals surface area contributed by atoms with Crippen LogP contribution in [0.1, 0.15) is 42.6 Å². The van der Waals surface area contributed by atoms with Gasteiger partial charge in [-0.15, -0.1) is 0 Å². The molecule has 0 amide bonds. The Kier molecular flexibility index (Phi) is 4.58. The number of carbonyl (C=O) groups is 1. The summed E-state index contributed by atoms with van der Waals surface area (Å²) in [4.78, 5) is 14.4. The lowest BCUT2D eigenvalue weighted by molar-refractivity contribution is -0.0651. The standard InChI is InChI=1S/C26H25Br2NO3S/c1-22(2)18-13-14-23(22)15-33(32)29-24(23)20(21(30)17-11-7-4-8-12-17)19(16-9-5-3-6-10-16)26(27,28)25(18,24)31/h3-12,18,29,31H,13-15H2,1-2H3/t18-,23-,24-,25+,33?/m0/s1. The van der Waals surface area contributed by atoms with Crippen molar-refractivity contribution >= 4 is 54.2 Å². The number of hydrogen-bond acceptors (Lipinski definition) is 3. The number of nitrogens with one attached hydrogen (secondary N) is 1. The summed E-state index contributed by atoms with van der Waals surface area (Å²) in [6.45, 7) is 4.35. The molecule has 0 aromatic heterocycles. The molecule has 2 bridgehead atoms. The van der Waals surface area contributed by atoms with Gasteiger partial charge in [-0.2, -0.15) is 0 Å². The van der Waals surface area contributed by atoms with E-state index < -0.39 is 30.8 Å². The number of ketones is 1. The van der Waals surface area contributed by atoms with Crippen LogP contribution >= 0.6 is 31.9 Å². The maximum Gasteiger partial charge on any atom is 0.191 e. The number of alkyl halides is 2. The maximum absolute atomic E-state index is 14.4. The molecular formula is C26H25Br2NO3S. The lowest BCUT2D eigenvalue weighted by atomic mass is 9.58. The van der Waals surface area contributed by atoms with E-state index in [1.54, 1.807) is 0 Å². The van der Waals surface area contributed by atoms with Crippen LogP contribution in [-0.4, -0.2) is 35.2 Å². The highest BCUT2D eigenvalue weighted by Crippen LogP contribution is 2.84. The van der Waals surface area contributed by atoms with Gasteiger partial charge >= 0.3 is 0 Å². The number of Topliss-reactive ketones (excluding diaryl/α,β-unsaturated/α-hetero) is 1. The Morgan fingerprint density at radius 1 is 1.06 bits per heavy atom. The molecule has 1 aliphatic heterocycles. The van der Waals surface area contributed by atoms with Gasteiger partial charge in [-0.25, -0.2) is 8.93 Å². The molecule has 2 spiro atoms. The number of rotatable bonds is 3. The molecule has 2 N–H and O–H groups in total. The molecule has 6 rings (SSSR count). The first-order valence-corrected chi connectivity index (χ1v) is 14.1. The van der Waals surface area contributed by atoms with Gasteiger partial charge in [0.15, 0.2) is 5.78 Å². The molecule has 1 heterocycles. The van der Waals surface area contributed by atoms with E-state index in [2.05, 4.69) is 50.4 Å². The molecule has 3 aliphatic carbocycles. The molecule has 2 aromatic carbocycles. The number of benzene rings is 2. The van der Waals surface area contributed by atoms with E-state index >= 15 is 0 Å². The number of carbonyl (C=O) groups excluding carboxylic acids is 1. The normalized spacial score (nSPS) is 39.5. The second kappa shape index (κ2) is 6.76. The van der Waals surface area contributed by atoms with Gasteiger partial charge in [0.05, 0.1) is 16.5 Å². The van der Waals surface area contributed by atoms with Gasteiger partial charge in [0, 0.05) is 22.3 Å². The van der Waals surface area contributed by atoms with Crippen molar-refractivity contribution in [2.45, 2.75) is 41.1 Å². The third-order valence-corrected chi connectivity index (χ3v) is 12.4. The molecule has 7 heteroatoms. The Bertz CT molecular complexity index is 1240. The third-order valence-electron chi connectivity index (χ3n) is 9.15. The van der Waals surface area contributed by atoms with E-state index in [1.165, 1.54) is 0 Å². The van der Waals surface area contributed by atoms with Crippen LogP contribution < -0.4 is 4.72 Å². The quantitative estimate of drug-likeness (QED) is 0.391. The Balaban J connectivity index is 1.76. The zero-order chi connectivity index (χ0) is 23.4. The van der Waals surface area contributed by atoms with Crippen molar-refractivity contribution in [2.24, 2.45) is 16.7 Å². The minimum atomic E-state index is -1.40. The van der Waals surface area contributed by atoms with Crippen LogP contribution in [0.2, 0.25) is 0 Å². The Labute approximate surface area is 213 Å². The molecular weight excluding hydrogens is 566 g/mol. The average molecular weight is 591 g/mol. The van der Waals surface area contributed by atoms with Crippen molar-refractivity contribution in [1.29, 1.82) is 0 Å². The van der Waals surface area contributed by atoms with Crippen molar-refractivity contribution in [3.05, 3.63) is 77.4 Å². The maximum atomic E-state index is 14.4. The fraction of sp³-hybridized carbons (Fsp3) is 0.423. The van der Waals surface area contributed by atoms with Crippen molar-refractivity contribution in [1.82, 2.24) is 4.72 Å². The molecule has 1 unspecified atom stereocenters. The number of hydrogen-bond donors (Lipinski definition) is 2. The molecule has 33 heavy (non-hydrogen) atoms. The summed E-state index contributed by atoms with van der Waals surface area (Å²) < 4.78 is 15.5. The average Bonchev–Trinajstić information content (AvgIpc) is 3.34. The van der Waals surface area contributed by atoms with Crippen molar-refractivity contribution in [3.8, 4) is 0 Å². The Morgan fingerprint density at radius 3 is 2.30 bits per heavy atom. The van der Waals surface area contributed by atoms with E-state index in [1.807, 2.05) is 60.7 Å². The second-order valence-corrected chi connectivity index (χ2v) is 15.0. The molecule has 4 aliphatic rings. The highest BCUT2D eigenvalue weighted by Gasteiger charge is 2.91. The van der Waals surface area contributed by atoms with Crippen LogP contribution in [0.4, 0.5) is 0 Å². The van der Waals surface area contributed by atoms with Gasteiger partial charge in [0.1, 0.15) is 8.83 Å². The predicted molar refractivity (Wildman–Crippen MR) is 137 cm³/mol.